The van der Waals surface area contributed by atoms with Gasteiger partial charge >= 0.3 is 0 Å². The van der Waals surface area contributed by atoms with E-state index in [1.54, 1.807) is 19.1 Å². The van der Waals surface area contributed by atoms with Gasteiger partial charge in [-0.15, -0.1) is 0 Å². The lowest BCUT2D eigenvalue weighted by molar-refractivity contribution is -0.139. The lowest BCUT2D eigenvalue weighted by Crippen LogP contribution is -2.52. The van der Waals surface area contributed by atoms with Crippen LogP contribution < -0.4 is 9.62 Å². The SMILES string of the molecule is Cc1ccc(S(=O)(=O)N(CC(=O)N(Cc2ccccc2)[C@H](C)C(=O)NC2CCCC2)c2ccc(Cl)c(Cl)c2)cc1. The second-order valence-electron chi connectivity index (χ2n) is 10.1. The Morgan fingerprint density at radius 3 is 2.23 bits per heavy atom. The Morgan fingerprint density at radius 2 is 1.60 bits per heavy atom. The summed E-state index contributed by atoms with van der Waals surface area (Å²) in [5.41, 5.74) is 1.90. The highest BCUT2D eigenvalue weighted by Crippen LogP contribution is 2.31. The van der Waals surface area contributed by atoms with Crippen LogP contribution in [0.2, 0.25) is 10.0 Å². The Balaban J connectivity index is 1.69. The smallest absolute Gasteiger partial charge is 0.264 e. The predicted octanol–water partition coefficient (Wildman–Crippen LogP) is 5.97. The zero-order chi connectivity index (χ0) is 28.9. The Kier molecular flexibility index (Phi) is 9.77. The Labute approximate surface area is 246 Å². The van der Waals surface area contributed by atoms with Crippen molar-refractivity contribution < 1.29 is 18.0 Å². The second kappa shape index (κ2) is 13.1. The van der Waals surface area contributed by atoms with Crippen molar-refractivity contribution in [2.45, 2.75) is 63.1 Å². The average Bonchev–Trinajstić information content (AvgIpc) is 3.45. The molecule has 7 nitrogen and oxygen atoms in total. The summed E-state index contributed by atoms with van der Waals surface area (Å²) in [5.74, 6) is -0.793. The maximum atomic E-state index is 14.0. The number of hydrogen-bond acceptors (Lipinski definition) is 4. The Morgan fingerprint density at radius 1 is 0.950 bits per heavy atom. The maximum absolute atomic E-state index is 14.0. The first kappa shape index (κ1) is 29.9. The second-order valence-corrected chi connectivity index (χ2v) is 12.8. The molecular formula is C30H33Cl2N3O4S. The number of rotatable bonds is 10. The highest BCUT2D eigenvalue weighted by atomic mass is 35.5. The van der Waals surface area contributed by atoms with Gasteiger partial charge in [0.25, 0.3) is 10.0 Å². The minimum absolute atomic E-state index is 0.0265. The molecule has 10 heteroatoms. The van der Waals surface area contributed by atoms with E-state index < -0.39 is 28.5 Å². The van der Waals surface area contributed by atoms with Gasteiger partial charge in [0.2, 0.25) is 11.8 Å². The van der Waals surface area contributed by atoms with Crippen molar-refractivity contribution in [1.29, 1.82) is 0 Å². The average molecular weight is 603 g/mol. The van der Waals surface area contributed by atoms with E-state index in [1.165, 1.54) is 35.2 Å². The molecule has 40 heavy (non-hydrogen) atoms. The van der Waals surface area contributed by atoms with Crippen LogP contribution in [0.5, 0.6) is 0 Å². The summed E-state index contributed by atoms with van der Waals surface area (Å²) in [5, 5.41) is 3.47. The number of carbonyl (C=O) groups is 2. The molecule has 0 heterocycles. The molecule has 0 saturated heterocycles. The molecule has 3 aromatic rings. The van der Waals surface area contributed by atoms with Gasteiger partial charge < -0.3 is 10.2 Å². The number of nitrogens with zero attached hydrogens (tertiary/aromatic N) is 2. The number of aryl methyl sites for hydroxylation is 1. The number of amides is 2. The fraction of sp³-hybridized carbons (Fsp3) is 0.333. The van der Waals surface area contributed by atoms with Crippen LogP contribution >= 0.6 is 23.2 Å². The monoisotopic (exact) mass is 601 g/mol. The number of hydrogen-bond donors (Lipinski definition) is 1. The molecule has 2 amide bonds. The fourth-order valence-electron chi connectivity index (χ4n) is 4.76. The molecule has 4 rings (SSSR count). The van der Waals surface area contributed by atoms with Gasteiger partial charge in [-0.25, -0.2) is 8.42 Å². The third-order valence-electron chi connectivity index (χ3n) is 7.14. The molecule has 1 aliphatic carbocycles. The van der Waals surface area contributed by atoms with Crippen molar-refractivity contribution in [2.24, 2.45) is 0 Å². The molecule has 0 radical (unpaired) electrons. The number of halogens is 2. The van der Waals surface area contributed by atoms with E-state index >= 15 is 0 Å². The van der Waals surface area contributed by atoms with Crippen LogP contribution in [0.25, 0.3) is 0 Å². The lowest BCUT2D eigenvalue weighted by atomic mass is 10.1. The van der Waals surface area contributed by atoms with E-state index in [2.05, 4.69) is 5.32 Å². The van der Waals surface area contributed by atoms with Crippen LogP contribution in [0, 0.1) is 6.92 Å². The first-order valence-corrected chi connectivity index (χ1v) is 15.4. The van der Waals surface area contributed by atoms with Crippen molar-refractivity contribution in [1.82, 2.24) is 10.2 Å². The van der Waals surface area contributed by atoms with Crippen molar-refractivity contribution in [3.63, 3.8) is 0 Å². The summed E-state index contributed by atoms with van der Waals surface area (Å²) in [7, 11) is -4.18. The molecule has 3 aromatic carbocycles. The first-order chi connectivity index (χ1) is 19.1. The zero-order valence-corrected chi connectivity index (χ0v) is 24.8. The third-order valence-corrected chi connectivity index (χ3v) is 9.67. The van der Waals surface area contributed by atoms with Crippen molar-refractivity contribution in [3.05, 3.63) is 94.0 Å². The predicted molar refractivity (Wildman–Crippen MR) is 159 cm³/mol. The van der Waals surface area contributed by atoms with E-state index in [0.717, 1.165) is 41.1 Å². The van der Waals surface area contributed by atoms with Crippen LogP contribution in [0.4, 0.5) is 5.69 Å². The van der Waals surface area contributed by atoms with Gasteiger partial charge in [0.05, 0.1) is 20.6 Å². The normalized spacial score (nSPS) is 14.5. The van der Waals surface area contributed by atoms with Gasteiger partial charge in [0, 0.05) is 12.6 Å². The number of nitrogens with one attached hydrogen (secondary N) is 1. The van der Waals surface area contributed by atoms with E-state index in [1.807, 2.05) is 37.3 Å². The minimum Gasteiger partial charge on any atom is -0.352 e. The van der Waals surface area contributed by atoms with E-state index in [0.29, 0.717) is 0 Å². The molecule has 1 saturated carbocycles. The van der Waals surface area contributed by atoms with E-state index in [-0.39, 0.29) is 39.1 Å². The number of sulfonamides is 1. The molecule has 1 fully saturated rings. The molecule has 0 aliphatic heterocycles. The molecular weight excluding hydrogens is 569 g/mol. The topological polar surface area (TPSA) is 86.8 Å². The molecule has 1 aliphatic rings. The van der Waals surface area contributed by atoms with Gasteiger partial charge in [-0.2, -0.15) is 0 Å². The van der Waals surface area contributed by atoms with Crippen LogP contribution in [0.15, 0.2) is 77.7 Å². The first-order valence-electron chi connectivity index (χ1n) is 13.2. The standard InChI is InChI=1S/C30H33Cl2N3O4S/c1-21-12-15-26(16-13-21)40(38,39)35(25-14-17-27(31)28(32)18-25)20-29(36)34(19-23-8-4-3-5-9-23)22(2)30(37)33-24-10-6-7-11-24/h3-5,8-9,12-18,22,24H,6-7,10-11,19-20H2,1-2H3,(H,33,37)/t22-/m1/s1. The molecule has 0 bridgehead atoms. The number of carbonyl (C=O) groups excluding carboxylic acids is 2. The lowest BCUT2D eigenvalue weighted by Gasteiger charge is -2.32. The van der Waals surface area contributed by atoms with E-state index in [4.69, 9.17) is 23.2 Å². The Bertz CT molecular complexity index is 1440. The minimum atomic E-state index is -4.18. The Hall–Kier alpha value is -3.07. The van der Waals surface area contributed by atoms with Crippen molar-refractivity contribution >= 4 is 50.7 Å². The summed E-state index contributed by atoms with van der Waals surface area (Å²) in [6, 6.07) is 19.3. The largest absolute Gasteiger partial charge is 0.352 e. The number of anilines is 1. The van der Waals surface area contributed by atoms with Gasteiger partial charge in [-0.1, -0.05) is 84.1 Å². The van der Waals surface area contributed by atoms with Gasteiger partial charge in [0.1, 0.15) is 12.6 Å². The molecule has 0 spiro atoms. The molecule has 212 valence electrons. The molecule has 1 atom stereocenters. The van der Waals surface area contributed by atoms with Crippen LogP contribution in [0.1, 0.15) is 43.7 Å². The van der Waals surface area contributed by atoms with Crippen LogP contribution in [-0.2, 0) is 26.2 Å². The zero-order valence-electron chi connectivity index (χ0n) is 22.5. The summed E-state index contributed by atoms with van der Waals surface area (Å²) >= 11 is 12.4. The molecule has 0 aromatic heterocycles. The molecule has 1 N–H and O–H groups in total. The van der Waals surface area contributed by atoms with Gasteiger partial charge in [0.15, 0.2) is 0 Å². The quantitative estimate of drug-likeness (QED) is 0.310. The van der Waals surface area contributed by atoms with Crippen molar-refractivity contribution in [3.8, 4) is 0 Å². The van der Waals surface area contributed by atoms with Gasteiger partial charge in [-0.05, 0) is 62.6 Å². The maximum Gasteiger partial charge on any atom is 0.264 e. The summed E-state index contributed by atoms with van der Waals surface area (Å²) in [4.78, 5) is 28.7. The summed E-state index contributed by atoms with van der Waals surface area (Å²) in [6.45, 7) is 3.13. The van der Waals surface area contributed by atoms with E-state index in [9.17, 15) is 18.0 Å². The third kappa shape index (κ3) is 7.16. The highest BCUT2D eigenvalue weighted by molar-refractivity contribution is 7.92. The number of benzene rings is 3. The fourth-order valence-corrected chi connectivity index (χ4v) is 6.46. The highest BCUT2D eigenvalue weighted by Gasteiger charge is 2.33. The summed E-state index contributed by atoms with van der Waals surface area (Å²) < 4.78 is 28.8. The summed E-state index contributed by atoms with van der Waals surface area (Å²) in [6.07, 6.45) is 3.93. The van der Waals surface area contributed by atoms with Gasteiger partial charge in [-0.3, -0.25) is 13.9 Å². The van der Waals surface area contributed by atoms with Crippen LogP contribution in [0.3, 0.4) is 0 Å². The van der Waals surface area contributed by atoms with Crippen LogP contribution in [-0.4, -0.2) is 43.8 Å². The molecule has 0 unspecified atom stereocenters. The van der Waals surface area contributed by atoms with Crippen molar-refractivity contribution in [2.75, 3.05) is 10.8 Å².